The molecule has 0 radical (unpaired) electrons. The second-order valence-electron chi connectivity index (χ2n) is 4.39. The monoisotopic (exact) mass is 347 g/mol. The number of carbonyl (C=O) groups is 2. The van der Waals surface area contributed by atoms with Crippen molar-refractivity contribution in [1.29, 1.82) is 0 Å². The molecule has 0 aliphatic carbocycles. The van der Waals surface area contributed by atoms with E-state index in [1.165, 1.54) is 0 Å². The number of benzene rings is 2. The van der Waals surface area contributed by atoms with E-state index in [2.05, 4.69) is 16.0 Å². The first-order chi connectivity index (χ1) is 12.2. The molecular weight excluding hydrogens is 326 g/mol. The molecule has 8 nitrogen and oxygen atoms in total. The maximum Gasteiger partial charge on any atom is 0.259 e. The van der Waals surface area contributed by atoms with Gasteiger partial charge in [-0.2, -0.15) is 0 Å². The molecule has 134 valence electrons. The molecule has 0 saturated carbocycles. The van der Waals surface area contributed by atoms with E-state index in [0.29, 0.717) is 17.7 Å². The van der Waals surface area contributed by atoms with Gasteiger partial charge < -0.3 is 20.7 Å². The lowest BCUT2D eigenvalue weighted by molar-refractivity contribution is -0.109. The van der Waals surface area contributed by atoms with E-state index in [-0.39, 0.29) is 5.91 Å². The number of rotatable bonds is 5. The zero-order chi connectivity index (χ0) is 19.1. The highest BCUT2D eigenvalue weighted by Gasteiger charge is 2.11. The zero-order valence-corrected chi connectivity index (χ0v) is 14.2. The molecule has 2 rings (SSSR count). The van der Waals surface area contributed by atoms with Crippen LogP contribution in [0.2, 0.25) is 0 Å². The zero-order valence-electron chi connectivity index (χ0n) is 14.2. The number of carbonyl (C=O) groups excluding carboxylic acids is 2. The summed E-state index contributed by atoms with van der Waals surface area (Å²) in [5.41, 5.74) is 2.26. The van der Waals surface area contributed by atoms with Gasteiger partial charge in [-0.05, 0) is 36.4 Å². The predicted octanol–water partition coefficient (Wildman–Crippen LogP) is 2.42. The van der Waals surface area contributed by atoms with Crippen LogP contribution in [0.5, 0.6) is 5.75 Å². The molecule has 0 saturated heterocycles. The van der Waals surface area contributed by atoms with E-state index in [0.717, 1.165) is 11.4 Å². The Balaban J connectivity index is 0.000000845. The maximum absolute atomic E-state index is 12.1. The smallest absolute Gasteiger partial charge is 0.259 e. The number of para-hydroxylation sites is 1. The minimum absolute atomic E-state index is 0.186. The molecule has 0 atom stereocenters. The molecular formula is C17H21N3O5. The molecule has 0 fully saturated rings. The molecule has 2 aromatic carbocycles. The Morgan fingerprint density at radius 2 is 1.48 bits per heavy atom. The Labute approximate surface area is 145 Å². The molecule has 0 bridgehead atoms. The minimum Gasteiger partial charge on any atom is -0.496 e. The second-order valence-corrected chi connectivity index (χ2v) is 4.39. The first-order valence-corrected chi connectivity index (χ1v) is 7.16. The normalized spacial score (nSPS) is 8.44. The van der Waals surface area contributed by atoms with E-state index in [1.54, 1.807) is 26.3 Å². The Bertz CT molecular complexity index is 647. The largest absolute Gasteiger partial charge is 0.496 e. The molecule has 8 heteroatoms. The number of ether oxygens (including phenoxy) is 1. The first-order valence-electron chi connectivity index (χ1n) is 7.16. The third kappa shape index (κ3) is 7.60. The molecule has 3 N–H and O–H groups in total. The van der Waals surface area contributed by atoms with E-state index in [9.17, 15) is 4.79 Å². The maximum atomic E-state index is 12.1. The van der Waals surface area contributed by atoms with Crippen molar-refractivity contribution in [3.05, 3.63) is 64.0 Å². The van der Waals surface area contributed by atoms with Crippen LogP contribution in [-0.2, 0) is 4.79 Å². The lowest BCUT2D eigenvalue weighted by Crippen LogP contribution is -2.13. The lowest BCUT2D eigenvalue weighted by Gasteiger charge is -2.09. The summed E-state index contributed by atoms with van der Waals surface area (Å²) in [5.74, 6) is 0.376. The van der Waals surface area contributed by atoms with Gasteiger partial charge in [-0.1, -0.05) is 12.1 Å². The number of amides is 2. The molecule has 0 heterocycles. The molecule has 25 heavy (non-hydrogen) atoms. The van der Waals surface area contributed by atoms with E-state index < -0.39 is 0 Å². The van der Waals surface area contributed by atoms with E-state index in [4.69, 9.17) is 19.5 Å². The summed E-state index contributed by atoms with van der Waals surface area (Å²) >= 11 is 0. The summed E-state index contributed by atoms with van der Waals surface area (Å²) in [6, 6.07) is 14.6. The Morgan fingerprint density at radius 1 is 0.960 bits per heavy atom. The van der Waals surface area contributed by atoms with Gasteiger partial charge in [0.25, 0.3) is 5.91 Å². The first kappa shape index (κ1) is 21.6. The summed E-state index contributed by atoms with van der Waals surface area (Å²) in [4.78, 5) is 35.2. The summed E-state index contributed by atoms with van der Waals surface area (Å²) < 4.78 is 5.17. The van der Waals surface area contributed by atoms with Gasteiger partial charge in [0.1, 0.15) is 5.75 Å². The summed E-state index contributed by atoms with van der Waals surface area (Å²) in [5, 5.41) is 8.11. The van der Waals surface area contributed by atoms with Crippen LogP contribution in [0, 0.1) is 9.93 Å². The number of hydrogen-bond acceptors (Lipinski definition) is 6. The quantitative estimate of drug-likeness (QED) is 0.716. The van der Waals surface area contributed by atoms with Crippen LogP contribution in [0.25, 0.3) is 0 Å². The number of methoxy groups -OCH3 is 1. The molecule has 0 aromatic heterocycles. The van der Waals surface area contributed by atoms with Gasteiger partial charge in [0.15, 0.2) is 0 Å². The van der Waals surface area contributed by atoms with Crippen molar-refractivity contribution >= 4 is 23.7 Å². The third-order valence-corrected chi connectivity index (χ3v) is 2.90. The van der Waals surface area contributed by atoms with Crippen LogP contribution in [0.15, 0.2) is 48.5 Å². The van der Waals surface area contributed by atoms with E-state index in [1.807, 2.05) is 43.4 Å². The van der Waals surface area contributed by atoms with Gasteiger partial charge in [0.2, 0.25) is 6.41 Å². The molecule has 0 aliphatic rings. The SMILES string of the molecule is CNC=O.CNc1ccc(NC(=O)c2ccccc2OC)cc1.O=O. The average molecular weight is 347 g/mol. The van der Waals surface area contributed by atoms with Crippen LogP contribution < -0.4 is 20.7 Å². The van der Waals surface area contributed by atoms with Crippen LogP contribution in [-0.4, -0.2) is 33.5 Å². The molecule has 0 spiro atoms. The highest BCUT2D eigenvalue weighted by atomic mass is 16.7. The van der Waals surface area contributed by atoms with Crippen molar-refractivity contribution in [1.82, 2.24) is 5.32 Å². The Hall–Kier alpha value is -3.42. The Kier molecular flexibility index (Phi) is 11.3. The van der Waals surface area contributed by atoms with Crippen molar-refractivity contribution in [2.45, 2.75) is 0 Å². The molecule has 0 aliphatic heterocycles. The number of nitrogens with one attached hydrogen (secondary N) is 3. The van der Waals surface area contributed by atoms with Crippen LogP contribution in [0.3, 0.4) is 0 Å². The van der Waals surface area contributed by atoms with Gasteiger partial charge in [0, 0.05) is 35.4 Å². The fourth-order valence-electron chi connectivity index (χ4n) is 1.75. The second kappa shape index (κ2) is 13.1. The van der Waals surface area contributed by atoms with Gasteiger partial charge >= 0.3 is 0 Å². The predicted molar refractivity (Wildman–Crippen MR) is 98.8 cm³/mol. The van der Waals surface area contributed by atoms with Crippen molar-refractivity contribution in [2.75, 3.05) is 31.8 Å². The summed E-state index contributed by atoms with van der Waals surface area (Å²) in [6.07, 6.45) is 0.625. The molecule has 0 unspecified atom stereocenters. The fourth-order valence-corrected chi connectivity index (χ4v) is 1.75. The number of anilines is 2. The lowest BCUT2D eigenvalue weighted by atomic mass is 10.2. The highest BCUT2D eigenvalue weighted by Crippen LogP contribution is 2.19. The Morgan fingerprint density at radius 3 is 1.96 bits per heavy atom. The minimum atomic E-state index is -0.186. The van der Waals surface area contributed by atoms with E-state index >= 15 is 0 Å². The van der Waals surface area contributed by atoms with Crippen molar-refractivity contribution in [3.8, 4) is 5.75 Å². The summed E-state index contributed by atoms with van der Waals surface area (Å²) in [7, 11) is 4.96. The van der Waals surface area contributed by atoms with Crippen LogP contribution >= 0.6 is 0 Å². The van der Waals surface area contributed by atoms with Crippen molar-refractivity contribution in [3.63, 3.8) is 0 Å². The highest BCUT2D eigenvalue weighted by molar-refractivity contribution is 6.06. The van der Waals surface area contributed by atoms with Gasteiger partial charge in [-0.15, -0.1) is 0 Å². The molecule has 2 aromatic rings. The standard InChI is InChI=1S/C15H16N2O2.C2H5NO.O2/c1-16-11-7-9-12(10-8-11)17-15(18)13-5-3-4-6-14(13)19-2;1-3-2-4;1-2/h3-10,16H,1-2H3,(H,17,18);2H,1H3,(H,3,4);. The van der Waals surface area contributed by atoms with Gasteiger partial charge in [-0.25, -0.2) is 0 Å². The summed E-state index contributed by atoms with van der Waals surface area (Å²) in [6.45, 7) is 0. The van der Waals surface area contributed by atoms with Gasteiger partial charge in [-0.3, -0.25) is 9.59 Å². The molecule has 2 amide bonds. The van der Waals surface area contributed by atoms with Crippen LogP contribution in [0.4, 0.5) is 11.4 Å². The van der Waals surface area contributed by atoms with Crippen molar-refractivity contribution in [2.24, 2.45) is 0 Å². The third-order valence-electron chi connectivity index (χ3n) is 2.90. The van der Waals surface area contributed by atoms with Crippen molar-refractivity contribution < 1.29 is 14.3 Å². The average Bonchev–Trinajstić information content (AvgIpc) is 2.70. The number of hydrogen-bond donors (Lipinski definition) is 3. The van der Waals surface area contributed by atoms with Crippen LogP contribution in [0.1, 0.15) is 10.4 Å². The van der Waals surface area contributed by atoms with Gasteiger partial charge in [0.05, 0.1) is 12.7 Å². The topological polar surface area (TPSA) is 114 Å². The fraction of sp³-hybridized carbons (Fsp3) is 0.176.